The number of carboxylic acid groups (broad SMARTS) is 1. The molecule has 0 aliphatic heterocycles. The first-order chi connectivity index (χ1) is 8.70. The van der Waals surface area contributed by atoms with Crippen LogP contribution in [0, 0.1) is 0 Å². The zero-order valence-corrected chi connectivity index (χ0v) is 9.91. The van der Waals surface area contributed by atoms with Crippen molar-refractivity contribution < 1.29 is 9.90 Å². The molecule has 1 aromatic carbocycles. The monoisotopic (exact) mass is 245 g/mol. The number of aromatic nitrogens is 2. The fourth-order valence-electron chi connectivity index (χ4n) is 2.29. The van der Waals surface area contributed by atoms with Crippen molar-refractivity contribution in [3.05, 3.63) is 30.1 Å². The van der Waals surface area contributed by atoms with E-state index >= 15 is 0 Å². The van der Waals surface area contributed by atoms with Crippen LogP contribution >= 0.6 is 0 Å². The summed E-state index contributed by atoms with van der Waals surface area (Å²) in [4.78, 5) is 15.4. The number of hydrogen-bond acceptors (Lipinski definition) is 3. The summed E-state index contributed by atoms with van der Waals surface area (Å²) in [5.41, 5.74) is 8.15. The quantitative estimate of drug-likeness (QED) is 0.855. The van der Waals surface area contributed by atoms with Gasteiger partial charge in [-0.2, -0.15) is 0 Å². The molecule has 0 bridgehead atoms. The maximum Gasteiger partial charge on any atom is 0.312 e. The van der Waals surface area contributed by atoms with Gasteiger partial charge in [-0.05, 0) is 30.5 Å². The number of carbonyl (C=O) groups is 1. The Balaban J connectivity index is 2.03. The Morgan fingerprint density at radius 2 is 2.33 bits per heavy atom. The second-order valence-corrected chi connectivity index (χ2v) is 4.76. The molecule has 1 aliphatic carbocycles. The lowest BCUT2D eigenvalue weighted by Crippen LogP contribution is -2.21. The number of rotatable bonds is 4. The molecule has 0 saturated heterocycles. The summed E-state index contributed by atoms with van der Waals surface area (Å²) in [5, 5.41) is 9.10. The summed E-state index contributed by atoms with van der Waals surface area (Å²) >= 11 is 0. The van der Waals surface area contributed by atoms with Crippen molar-refractivity contribution in [2.24, 2.45) is 5.73 Å². The highest BCUT2D eigenvalue weighted by molar-refractivity contribution is 5.81. The van der Waals surface area contributed by atoms with Gasteiger partial charge in [-0.25, -0.2) is 4.98 Å². The molecule has 3 N–H and O–H groups in total. The Labute approximate surface area is 104 Å². The maximum atomic E-state index is 11.1. The largest absolute Gasteiger partial charge is 0.481 e. The second kappa shape index (κ2) is 4.10. The first kappa shape index (κ1) is 11.2. The van der Waals surface area contributed by atoms with Crippen molar-refractivity contribution in [3.8, 4) is 0 Å². The van der Waals surface area contributed by atoms with E-state index in [0.717, 1.165) is 16.6 Å². The van der Waals surface area contributed by atoms with E-state index in [0.29, 0.717) is 6.04 Å². The lowest BCUT2D eigenvalue weighted by molar-refractivity contribution is -0.138. The van der Waals surface area contributed by atoms with Crippen molar-refractivity contribution in [3.63, 3.8) is 0 Å². The van der Waals surface area contributed by atoms with Gasteiger partial charge in [-0.3, -0.25) is 4.79 Å². The third kappa shape index (κ3) is 1.76. The molecule has 2 aromatic rings. The van der Waals surface area contributed by atoms with Gasteiger partial charge in [0.15, 0.2) is 0 Å². The van der Waals surface area contributed by atoms with Crippen LogP contribution in [-0.2, 0) is 4.79 Å². The van der Waals surface area contributed by atoms with Crippen LogP contribution in [0.1, 0.15) is 30.4 Å². The van der Waals surface area contributed by atoms with E-state index in [1.165, 1.54) is 12.8 Å². The molecule has 1 saturated carbocycles. The van der Waals surface area contributed by atoms with Crippen molar-refractivity contribution in [1.29, 1.82) is 0 Å². The number of aliphatic carboxylic acids is 1. The van der Waals surface area contributed by atoms with Crippen LogP contribution in [0.15, 0.2) is 24.5 Å². The molecule has 1 heterocycles. The van der Waals surface area contributed by atoms with Crippen molar-refractivity contribution in [1.82, 2.24) is 9.55 Å². The van der Waals surface area contributed by atoms with Crippen LogP contribution in [0.4, 0.5) is 0 Å². The average Bonchev–Trinajstić information content (AvgIpc) is 3.10. The van der Waals surface area contributed by atoms with Crippen LogP contribution in [-0.4, -0.2) is 27.2 Å². The Morgan fingerprint density at radius 3 is 2.94 bits per heavy atom. The van der Waals surface area contributed by atoms with Gasteiger partial charge in [0, 0.05) is 12.6 Å². The fraction of sp³-hybridized carbons (Fsp3) is 0.385. The molecule has 5 nitrogen and oxygen atoms in total. The molecule has 1 atom stereocenters. The normalized spacial score (nSPS) is 16.9. The average molecular weight is 245 g/mol. The highest BCUT2D eigenvalue weighted by Gasteiger charge is 2.25. The first-order valence-corrected chi connectivity index (χ1v) is 6.10. The number of nitrogens with two attached hydrogens (primary N) is 1. The van der Waals surface area contributed by atoms with E-state index in [-0.39, 0.29) is 6.54 Å². The minimum atomic E-state index is -0.890. The lowest BCUT2D eigenvalue weighted by atomic mass is 9.99. The topological polar surface area (TPSA) is 81.1 Å². The third-order valence-corrected chi connectivity index (χ3v) is 3.48. The minimum Gasteiger partial charge on any atom is -0.481 e. The highest BCUT2D eigenvalue weighted by Crippen LogP contribution is 2.37. The molecule has 94 valence electrons. The van der Waals surface area contributed by atoms with E-state index < -0.39 is 11.9 Å². The van der Waals surface area contributed by atoms with Crippen molar-refractivity contribution >= 4 is 17.0 Å². The smallest absolute Gasteiger partial charge is 0.312 e. The van der Waals surface area contributed by atoms with E-state index in [4.69, 9.17) is 10.8 Å². The Bertz CT molecular complexity index is 601. The molecule has 0 spiro atoms. The first-order valence-electron chi connectivity index (χ1n) is 6.10. The zero-order chi connectivity index (χ0) is 12.7. The van der Waals surface area contributed by atoms with Crippen molar-refractivity contribution in [2.75, 3.05) is 6.54 Å². The number of imidazole rings is 1. The highest BCUT2D eigenvalue weighted by atomic mass is 16.4. The van der Waals surface area contributed by atoms with Gasteiger partial charge in [-0.1, -0.05) is 6.07 Å². The number of hydrogen-bond donors (Lipinski definition) is 2. The number of nitrogens with zero attached hydrogens (tertiary/aromatic N) is 2. The van der Waals surface area contributed by atoms with Gasteiger partial charge in [-0.15, -0.1) is 0 Å². The minimum absolute atomic E-state index is 0.101. The van der Waals surface area contributed by atoms with Crippen LogP contribution in [0.2, 0.25) is 0 Å². The fourth-order valence-corrected chi connectivity index (χ4v) is 2.29. The number of benzene rings is 1. The molecular formula is C13H15N3O2. The van der Waals surface area contributed by atoms with Crippen molar-refractivity contribution in [2.45, 2.75) is 24.8 Å². The van der Waals surface area contributed by atoms with E-state index in [1.54, 1.807) is 0 Å². The molecule has 1 aromatic heterocycles. The molecule has 1 aliphatic rings. The molecular weight excluding hydrogens is 230 g/mol. The Kier molecular flexibility index (Phi) is 2.56. The summed E-state index contributed by atoms with van der Waals surface area (Å²) in [7, 11) is 0. The van der Waals surface area contributed by atoms with Gasteiger partial charge in [0.2, 0.25) is 0 Å². The van der Waals surface area contributed by atoms with Crippen LogP contribution in [0.25, 0.3) is 11.0 Å². The van der Waals surface area contributed by atoms with Crippen LogP contribution < -0.4 is 5.73 Å². The van der Waals surface area contributed by atoms with Gasteiger partial charge in [0.1, 0.15) is 0 Å². The summed E-state index contributed by atoms with van der Waals surface area (Å²) in [6, 6.07) is 6.20. The summed E-state index contributed by atoms with van der Waals surface area (Å²) in [6.07, 6.45) is 4.24. The predicted molar refractivity (Wildman–Crippen MR) is 67.4 cm³/mol. The predicted octanol–water partition coefficient (Wildman–Crippen LogP) is 1.50. The third-order valence-electron chi connectivity index (χ3n) is 3.48. The SMILES string of the molecule is NCC(C(=O)O)c1ccc2c(c1)ncn2C1CC1. The summed E-state index contributed by atoms with van der Waals surface area (Å²) in [6.45, 7) is 0.101. The summed E-state index contributed by atoms with van der Waals surface area (Å²) < 4.78 is 2.16. The van der Waals surface area contributed by atoms with Crippen LogP contribution in [0.3, 0.4) is 0 Å². The molecule has 5 heteroatoms. The molecule has 3 rings (SSSR count). The summed E-state index contributed by atoms with van der Waals surface area (Å²) in [5.74, 6) is -1.54. The molecule has 1 unspecified atom stereocenters. The van der Waals surface area contributed by atoms with Crippen LogP contribution in [0.5, 0.6) is 0 Å². The van der Waals surface area contributed by atoms with Gasteiger partial charge in [0.05, 0.1) is 23.3 Å². The molecule has 0 radical (unpaired) electrons. The molecule has 18 heavy (non-hydrogen) atoms. The Hall–Kier alpha value is -1.88. The lowest BCUT2D eigenvalue weighted by Gasteiger charge is -2.10. The van der Waals surface area contributed by atoms with Gasteiger partial charge < -0.3 is 15.4 Å². The zero-order valence-electron chi connectivity index (χ0n) is 9.91. The standard InChI is InChI=1S/C13H15N3O2/c14-6-10(13(17)18)8-1-4-12-11(5-8)15-7-16(12)9-2-3-9/h1,4-5,7,9-10H,2-3,6,14H2,(H,17,18). The van der Waals surface area contributed by atoms with E-state index in [9.17, 15) is 4.79 Å². The van der Waals surface area contributed by atoms with Gasteiger partial charge >= 0.3 is 5.97 Å². The number of fused-ring (bicyclic) bond motifs is 1. The second-order valence-electron chi connectivity index (χ2n) is 4.76. The molecule has 1 fully saturated rings. The Morgan fingerprint density at radius 1 is 1.56 bits per heavy atom. The van der Waals surface area contributed by atoms with E-state index in [1.807, 2.05) is 24.5 Å². The maximum absolute atomic E-state index is 11.1. The van der Waals surface area contributed by atoms with E-state index in [2.05, 4.69) is 9.55 Å². The number of carboxylic acids is 1. The molecule has 0 amide bonds. The van der Waals surface area contributed by atoms with Gasteiger partial charge in [0.25, 0.3) is 0 Å².